The van der Waals surface area contributed by atoms with E-state index in [4.69, 9.17) is 60.7 Å². The Labute approximate surface area is 311 Å². The third kappa shape index (κ3) is 13.4. The van der Waals surface area contributed by atoms with Crippen molar-refractivity contribution in [2.45, 2.75) is 51.7 Å². The van der Waals surface area contributed by atoms with E-state index in [-0.39, 0.29) is 24.1 Å². The number of hydrogen-bond donors (Lipinski definition) is 1. The minimum absolute atomic E-state index is 0.0705. The Morgan fingerprint density at radius 2 is 1.49 bits per heavy atom. The first-order valence-corrected chi connectivity index (χ1v) is 17.3. The Kier molecular flexibility index (Phi) is 17.0. The summed E-state index contributed by atoms with van der Waals surface area (Å²) in [5.41, 5.74) is 1.32. The minimum atomic E-state index is -1.14. The molecule has 1 saturated heterocycles. The fourth-order valence-electron chi connectivity index (χ4n) is 5.20. The molecule has 4 rings (SSSR count). The molecule has 1 aromatic carbocycles. The Balaban J connectivity index is 1.25. The number of carbonyl (C=O) groups is 3. The summed E-state index contributed by atoms with van der Waals surface area (Å²) in [6, 6.07) is 7.71. The number of nitrogens with zero attached hydrogens (tertiary/aromatic N) is 4. The molecule has 4 atom stereocenters. The summed E-state index contributed by atoms with van der Waals surface area (Å²) in [6.07, 6.45) is 2.96. The highest BCUT2D eigenvalue weighted by Gasteiger charge is 2.51. The zero-order chi connectivity index (χ0) is 38.0. The van der Waals surface area contributed by atoms with Crippen molar-refractivity contribution in [3.8, 4) is 18.1 Å². The van der Waals surface area contributed by atoms with Crippen LogP contribution in [0.25, 0.3) is 11.0 Å². The molecule has 3 aromatic rings. The molecule has 0 aliphatic carbocycles. The van der Waals surface area contributed by atoms with Gasteiger partial charge in [0.1, 0.15) is 37.5 Å². The van der Waals surface area contributed by atoms with E-state index in [1.165, 1.54) is 31.6 Å². The van der Waals surface area contributed by atoms with Gasteiger partial charge in [-0.3, -0.25) is 14.4 Å². The first kappa shape index (κ1) is 41.2. The Bertz CT molecular complexity index is 1670. The third-order valence-corrected chi connectivity index (χ3v) is 7.60. The number of esters is 3. The van der Waals surface area contributed by atoms with Crippen molar-refractivity contribution < 1.29 is 57.0 Å². The maximum Gasteiger partial charge on any atom is 0.303 e. The van der Waals surface area contributed by atoms with E-state index in [9.17, 15) is 14.4 Å². The maximum atomic E-state index is 12.1. The van der Waals surface area contributed by atoms with Crippen LogP contribution in [0.5, 0.6) is 5.75 Å². The minimum Gasteiger partial charge on any atom is -0.491 e. The van der Waals surface area contributed by atoms with E-state index in [1.54, 1.807) is 0 Å². The van der Waals surface area contributed by atoms with Crippen LogP contribution in [0.15, 0.2) is 30.5 Å². The molecule has 0 radical (unpaired) electrons. The lowest BCUT2D eigenvalue weighted by Gasteiger charge is -2.23. The fourth-order valence-corrected chi connectivity index (χ4v) is 5.36. The van der Waals surface area contributed by atoms with E-state index in [0.717, 1.165) is 5.56 Å². The predicted octanol–water partition coefficient (Wildman–Crippen LogP) is 2.54. The van der Waals surface area contributed by atoms with Gasteiger partial charge in [-0.05, 0) is 35.7 Å². The zero-order valence-electron chi connectivity index (χ0n) is 29.8. The Morgan fingerprint density at radius 3 is 2.11 bits per heavy atom. The summed E-state index contributed by atoms with van der Waals surface area (Å²) >= 11 is 6.32. The van der Waals surface area contributed by atoms with Gasteiger partial charge in [0.25, 0.3) is 0 Å². The number of ether oxygens (including phenoxy) is 9. The number of rotatable bonds is 23. The number of halogens is 1. The fraction of sp³-hybridized carbons (Fsp3) is 0.543. The van der Waals surface area contributed by atoms with E-state index >= 15 is 0 Å². The molecule has 1 N–H and O–H groups in total. The van der Waals surface area contributed by atoms with Gasteiger partial charge in [-0.1, -0.05) is 18.1 Å². The molecule has 0 bridgehead atoms. The average molecular weight is 762 g/mol. The smallest absolute Gasteiger partial charge is 0.303 e. The number of nitrogens with one attached hydrogen (secondary N) is 1. The van der Waals surface area contributed by atoms with Gasteiger partial charge < -0.3 is 47.9 Å². The third-order valence-electron chi connectivity index (χ3n) is 7.44. The van der Waals surface area contributed by atoms with Crippen LogP contribution in [-0.2, 0) is 58.7 Å². The van der Waals surface area contributed by atoms with Crippen molar-refractivity contribution in [2.24, 2.45) is 0 Å². The maximum absolute atomic E-state index is 12.1. The summed E-state index contributed by atoms with van der Waals surface area (Å²) in [7, 11) is 0. The molecule has 1 aliphatic heterocycles. The molecule has 0 saturated carbocycles. The summed E-state index contributed by atoms with van der Waals surface area (Å²) in [5.74, 6) is 1.67. The number of aromatic nitrogens is 4. The van der Waals surface area contributed by atoms with Gasteiger partial charge in [-0.15, -0.1) is 6.42 Å². The van der Waals surface area contributed by atoms with E-state index in [1.807, 2.05) is 24.3 Å². The molecule has 3 heterocycles. The number of benzene rings is 1. The van der Waals surface area contributed by atoms with Crippen LogP contribution in [0.1, 0.15) is 32.6 Å². The summed E-state index contributed by atoms with van der Waals surface area (Å²) in [5, 5.41) is 8.15. The molecule has 53 heavy (non-hydrogen) atoms. The SMILES string of the molecule is C#CCOCCOCCOCCOCCOc1ccc(CCNc2nc(Cl)nc3c2cnn3[C@@H]2O[C@H](COC(C)=O)[C@@H](OC(C)=O)[C@H]2OC(C)=O)cc1. The molecule has 0 unspecified atom stereocenters. The van der Waals surface area contributed by atoms with Crippen molar-refractivity contribution in [1.82, 2.24) is 19.7 Å². The lowest BCUT2D eigenvalue weighted by atomic mass is 10.1. The average Bonchev–Trinajstić information content (AvgIpc) is 3.68. The van der Waals surface area contributed by atoms with Gasteiger partial charge in [0.05, 0.1) is 57.8 Å². The van der Waals surface area contributed by atoms with Gasteiger partial charge in [-0.2, -0.15) is 15.1 Å². The van der Waals surface area contributed by atoms with Gasteiger partial charge in [-0.25, -0.2) is 4.68 Å². The van der Waals surface area contributed by atoms with Crippen molar-refractivity contribution in [3.05, 3.63) is 41.3 Å². The lowest BCUT2D eigenvalue weighted by Crippen LogP contribution is -2.40. The first-order valence-electron chi connectivity index (χ1n) is 16.9. The summed E-state index contributed by atoms with van der Waals surface area (Å²) in [6.45, 7) is 7.75. The van der Waals surface area contributed by atoms with Gasteiger partial charge in [0, 0.05) is 27.3 Å². The number of terminal acetylenes is 1. The molecule has 288 valence electrons. The highest BCUT2D eigenvalue weighted by atomic mass is 35.5. The molecular formula is C35H44ClN5O12. The van der Waals surface area contributed by atoms with Crippen molar-refractivity contribution in [3.63, 3.8) is 0 Å². The van der Waals surface area contributed by atoms with Crippen LogP contribution in [-0.4, -0.2) is 129 Å². The molecule has 0 spiro atoms. The molecular weight excluding hydrogens is 718 g/mol. The van der Waals surface area contributed by atoms with E-state index in [2.05, 4.69) is 26.3 Å². The number of fused-ring (bicyclic) bond motifs is 1. The summed E-state index contributed by atoms with van der Waals surface area (Å²) < 4.78 is 50.8. The number of anilines is 1. The predicted molar refractivity (Wildman–Crippen MR) is 188 cm³/mol. The normalized spacial score (nSPS) is 18.0. The van der Waals surface area contributed by atoms with Crippen LogP contribution in [0.4, 0.5) is 5.82 Å². The number of carbonyl (C=O) groups excluding carboxylic acids is 3. The van der Waals surface area contributed by atoms with E-state index in [0.29, 0.717) is 82.8 Å². The quantitative estimate of drug-likeness (QED) is 0.0487. The van der Waals surface area contributed by atoms with Crippen molar-refractivity contribution >= 4 is 46.4 Å². The number of hydrogen-bond acceptors (Lipinski definition) is 16. The van der Waals surface area contributed by atoms with Crippen LogP contribution >= 0.6 is 11.6 Å². The molecule has 0 amide bonds. The van der Waals surface area contributed by atoms with Gasteiger partial charge >= 0.3 is 17.9 Å². The van der Waals surface area contributed by atoms with Crippen molar-refractivity contribution in [2.75, 3.05) is 77.9 Å². The summed E-state index contributed by atoms with van der Waals surface area (Å²) in [4.78, 5) is 44.2. The lowest BCUT2D eigenvalue weighted by molar-refractivity contribution is -0.166. The van der Waals surface area contributed by atoms with Crippen LogP contribution in [0, 0.1) is 12.3 Å². The van der Waals surface area contributed by atoms with E-state index < -0.39 is 42.4 Å². The molecule has 1 fully saturated rings. The van der Waals surface area contributed by atoms with Crippen LogP contribution < -0.4 is 10.1 Å². The molecule has 1 aliphatic rings. The Hall–Kier alpha value is -4.57. The van der Waals surface area contributed by atoms with Gasteiger partial charge in [0.15, 0.2) is 24.1 Å². The first-order chi connectivity index (χ1) is 25.7. The highest BCUT2D eigenvalue weighted by molar-refractivity contribution is 6.28. The Morgan fingerprint density at radius 1 is 0.868 bits per heavy atom. The standard InChI is InChI=1S/C35H44ClN5O12/c1-5-12-45-13-14-46-15-16-47-17-18-48-19-20-49-27-8-6-26(7-9-27)10-11-37-32-28-21-38-41(33(28)40-35(36)39-32)34-31(52-25(4)44)30(51-24(3)43)29(53-34)22-50-23(2)42/h1,6-9,21,29-31,34H,10-20,22H2,2-4H3,(H,37,39,40)/t29-,30-,31-,34-/m1/s1. The van der Waals surface area contributed by atoms with Crippen LogP contribution in [0.3, 0.4) is 0 Å². The second-order valence-electron chi connectivity index (χ2n) is 11.4. The zero-order valence-corrected chi connectivity index (χ0v) is 30.6. The van der Waals surface area contributed by atoms with Crippen molar-refractivity contribution in [1.29, 1.82) is 0 Å². The molecule has 18 heteroatoms. The van der Waals surface area contributed by atoms with Crippen LogP contribution in [0.2, 0.25) is 5.28 Å². The van der Waals surface area contributed by atoms with Gasteiger partial charge in [0.2, 0.25) is 5.28 Å². The molecule has 2 aromatic heterocycles. The largest absolute Gasteiger partial charge is 0.491 e. The topological polar surface area (TPSA) is 190 Å². The molecule has 17 nitrogen and oxygen atoms in total. The second kappa shape index (κ2) is 21.8. The second-order valence-corrected chi connectivity index (χ2v) is 11.8. The monoisotopic (exact) mass is 761 g/mol. The highest BCUT2D eigenvalue weighted by Crippen LogP contribution is 2.36.